The number of rotatable bonds is 4. The SMILES string of the molecule is C[C@@H](C(=O)c1c[nH]c2ccccc12)N1CCN(C(=O)c2ccccc2)CC1. The van der Waals surface area contributed by atoms with E-state index in [2.05, 4.69) is 9.88 Å². The molecule has 3 aromatic rings. The Kier molecular flexibility index (Phi) is 4.77. The lowest BCUT2D eigenvalue weighted by Gasteiger charge is -2.37. The van der Waals surface area contributed by atoms with Crippen molar-refractivity contribution in [2.75, 3.05) is 26.2 Å². The number of H-pyrrole nitrogens is 1. The van der Waals surface area contributed by atoms with E-state index >= 15 is 0 Å². The van der Waals surface area contributed by atoms with Gasteiger partial charge in [-0.3, -0.25) is 14.5 Å². The molecule has 1 aliphatic heterocycles. The Morgan fingerprint density at radius 3 is 2.33 bits per heavy atom. The third kappa shape index (κ3) is 3.38. The zero-order chi connectivity index (χ0) is 18.8. The average Bonchev–Trinajstić information content (AvgIpc) is 3.17. The summed E-state index contributed by atoms with van der Waals surface area (Å²) < 4.78 is 0. The summed E-state index contributed by atoms with van der Waals surface area (Å²) in [5.74, 6) is 0.182. The van der Waals surface area contributed by atoms with Crippen molar-refractivity contribution in [2.45, 2.75) is 13.0 Å². The van der Waals surface area contributed by atoms with E-state index in [4.69, 9.17) is 0 Å². The van der Waals surface area contributed by atoms with Crippen LogP contribution < -0.4 is 0 Å². The van der Waals surface area contributed by atoms with Gasteiger partial charge in [-0.25, -0.2) is 0 Å². The molecule has 1 N–H and O–H groups in total. The van der Waals surface area contributed by atoms with Crippen LogP contribution in [0.4, 0.5) is 0 Å². The van der Waals surface area contributed by atoms with Gasteiger partial charge in [0, 0.05) is 54.4 Å². The molecule has 1 amide bonds. The van der Waals surface area contributed by atoms with Gasteiger partial charge in [-0.1, -0.05) is 36.4 Å². The highest BCUT2D eigenvalue weighted by atomic mass is 16.2. The van der Waals surface area contributed by atoms with Crippen LogP contribution in [0.15, 0.2) is 60.8 Å². The first kappa shape index (κ1) is 17.5. The zero-order valence-electron chi connectivity index (χ0n) is 15.4. The van der Waals surface area contributed by atoms with Crippen molar-refractivity contribution in [1.82, 2.24) is 14.8 Å². The molecule has 2 aromatic carbocycles. The van der Waals surface area contributed by atoms with E-state index in [0.717, 1.165) is 16.5 Å². The van der Waals surface area contributed by atoms with E-state index in [1.807, 2.05) is 66.4 Å². The van der Waals surface area contributed by atoms with Crippen molar-refractivity contribution in [3.8, 4) is 0 Å². The largest absolute Gasteiger partial charge is 0.360 e. The minimum atomic E-state index is -0.210. The Morgan fingerprint density at radius 1 is 0.926 bits per heavy atom. The molecule has 0 bridgehead atoms. The molecule has 1 atom stereocenters. The van der Waals surface area contributed by atoms with Gasteiger partial charge in [-0.15, -0.1) is 0 Å². The molecule has 0 spiro atoms. The smallest absolute Gasteiger partial charge is 0.253 e. The summed E-state index contributed by atoms with van der Waals surface area (Å²) in [5, 5.41) is 0.965. The highest BCUT2D eigenvalue weighted by Gasteiger charge is 2.29. The number of amides is 1. The maximum atomic E-state index is 13.0. The molecule has 27 heavy (non-hydrogen) atoms. The number of nitrogens with one attached hydrogen (secondary N) is 1. The van der Waals surface area contributed by atoms with E-state index in [1.54, 1.807) is 6.20 Å². The third-order valence-corrected chi connectivity index (χ3v) is 5.40. The second-order valence-corrected chi connectivity index (χ2v) is 6.98. The van der Waals surface area contributed by atoms with Crippen LogP contribution in [0.3, 0.4) is 0 Å². The molecule has 5 nitrogen and oxygen atoms in total. The summed E-state index contributed by atoms with van der Waals surface area (Å²) in [7, 11) is 0. The van der Waals surface area contributed by atoms with Crippen LogP contribution in [0.25, 0.3) is 10.9 Å². The Labute approximate surface area is 158 Å². The molecule has 2 heterocycles. The van der Waals surface area contributed by atoms with Crippen LogP contribution in [-0.4, -0.2) is 58.7 Å². The summed E-state index contributed by atoms with van der Waals surface area (Å²) >= 11 is 0. The highest BCUT2D eigenvalue weighted by Crippen LogP contribution is 2.21. The van der Waals surface area contributed by atoms with Gasteiger partial charge in [0.15, 0.2) is 5.78 Å². The van der Waals surface area contributed by atoms with Gasteiger partial charge < -0.3 is 9.88 Å². The first-order valence-corrected chi connectivity index (χ1v) is 9.34. The van der Waals surface area contributed by atoms with Crippen molar-refractivity contribution in [3.05, 3.63) is 71.9 Å². The van der Waals surface area contributed by atoms with E-state index < -0.39 is 0 Å². The first-order chi connectivity index (χ1) is 13.1. The van der Waals surface area contributed by atoms with E-state index in [1.165, 1.54) is 0 Å². The summed E-state index contributed by atoms with van der Waals surface area (Å²) in [6, 6.07) is 17.0. The zero-order valence-corrected chi connectivity index (χ0v) is 15.4. The van der Waals surface area contributed by atoms with Crippen molar-refractivity contribution in [3.63, 3.8) is 0 Å². The summed E-state index contributed by atoms with van der Waals surface area (Å²) in [6.07, 6.45) is 1.80. The van der Waals surface area contributed by atoms with Crippen LogP contribution >= 0.6 is 0 Å². The van der Waals surface area contributed by atoms with E-state index in [-0.39, 0.29) is 17.7 Å². The standard InChI is InChI=1S/C22H23N3O2/c1-16(21(26)19-15-23-20-10-6-5-9-18(19)20)24-11-13-25(14-12-24)22(27)17-7-3-2-4-8-17/h2-10,15-16,23H,11-14H2,1H3/t16-/m0/s1. The molecule has 0 radical (unpaired) electrons. The van der Waals surface area contributed by atoms with Crippen molar-refractivity contribution in [2.24, 2.45) is 0 Å². The number of para-hydroxylation sites is 1. The summed E-state index contributed by atoms with van der Waals surface area (Å²) in [6.45, 7) is 4.64. The lowest BCUT2D eigenvalue weighted by molar-refractivity contribution is 0.0552. The van der Waals surface area contributed by atoms with Crippen molar-refractivity contribution < 1.29 is 9.59 Å². The molecule has 1 aliphatic rings. The number of piperazine rings is 1. The van der Waals surface area contributed by atoms with Crippen LogP contribution in [0, 0.1) is 0 Å². The van der Waals surface area contributed by atoms with Gasteiger partial charge in [0.1, 0.15) is 0 Å². The maximum absolute atomic E-state index is 13.0. The van der Waals surface area contributed by atoms with Gasteiger partial charge in [0.2, 0.25) is 0 Å². The quantitative estimate of drug-likeness (QED) is 0.726. The Hall–Kier alpha value is -2.92. The van der Waals surface area contributed by atoms with Crippen molar-refractivity contribution in [1.29, 1.82) is 0 Å². The van der Waals surface area contributed by atoms with Crippen LogP contribution in [0.5, 0.6) is 0 Å². The lowest BCUT2D eigenvalue weighted by atomic mass is 10.0. The number of ketones is 1. The maximum Gasteiger partial charge on any atom is 0.253 e. The van der Waals surface area contributed by atoms with Gasteiger partial charge in [-0.05, 0) is 25.1 Å². The molecule has 138 valence electrons. The summed E-state index contributed by atoms with van der Waals surface area (Å²) in [4.78, 5) is 32.8. The topological polar surface area (TPSA) is 56.4 Å². The van der Waals surface area contributed by atoms with Crippen LogP contribution in [0.2, 0.25) is 0 Å². The Bertz CT molecular complexity index is 956. The molecule has 1 aromatic heterocycles. The van der Waals surface area contributed by atoms with E-state index in [0.29, 0.717) is 31.7 Å². The molecule has 0 aliphatic carbocycles. The Balaban J connectivity index is 1.42. The predicted molar refractivity (Wildman–Crippen MR) is 106 cm³/mol. The highest BCUT2D eigenvalue weighted by molar-refractivity contribution is 6.10. The second kappa shape index (κ2) is 7.37. The lowest BCUT2D eigenvalue weighted by Crippen LogP contribution is -2.53. The van der Waals surface area contributed by atoms with Crippen molar-refractivity contribution >= 4 is 22.6 Å². The van der Waals surface area contributed by atoms with E-state index in [9.17, 15) is 9.59 Å². The third-order valence-electron chi connectivity index (χ3n) is 5.40. The van der Waals surface area contributed by atoms with Gasteiger partial charge in [0.05, 0.1) is 6.04 Å². The molecule has 0 saturated carbocycles. The second-order valence-electron chi connectivity index (χ2n) is 6.98. The number of hydrogen-bond acceptors (Lipinski definition) is 3. The minimum Gasteiger partial charge on any atom is -0.360 e. The predicted octanol–water partition coefficient (Wildman–Crippen LogP) is 3.20. The van der Waals surface area contributed by atoms with Gasteiger partial charge >= 0.3 is 0 Å². The Morgan fingerprint density at radius 2 is 1.59 bits per heavy atom. The molecular formula is C22H23N3O2. The number of carbonyl (C=O) groups excluding carboxylic acids is 2. The number of nitrogens with zero attached hydrogens (tertiary/aromatic N) is 2. The number of fused-ring (bicyclic) bond motifs is 1. The molecular weight excluding hydrogens is 338 g/mol. The number of hydrogen-bond donors (Lipinski definition) is 1. The van der Waals surface area contributed by atoms with Crippen LogP contribution in [-0.2, 0) is 0 Å². The number of aromatic nitrogens is 1. The fourth-order valence-corrected chi connectivity index (χ4v) is 3.74. The van der Waals surface area contributed by atoms with Crippen LogP contribution in [0.1, 0.15) is 27.6 Å². The number of carbonyl (C=O) groups is 2. The molecule has 1 saturated heterocycles. The fourth-order valence-electron chi connectivity index (χ4n) is 3.74. The molecule has 5 heteroatoms. The molecule has 1 fully saturated rings. The normalized spacial score (nSPS) is 16.4. The first-order valence-electron chi connectivity index (χ1n) is 9.34. The molecule has 4 rings (SSSR count). The minimum absolute atomic E-state index is 0.0610. The molecule has 0 unspecified atom stereocenters. The average molecular weight is 361 g/mol. The number of benzene rings is 2. The number of Topliss-reactive ketones (excluding diaryl/α,β-unsaturated/α-hetero) is 1. The summed E-state index contributed by atoms with van der Waals surface area (Å²) in [5.41, 5.74) is 2.43. The monoisotopic (exact) mass is 361 g/mol. The number of aromatic amines is 1. The van der Waals surface area contributed by atoms with Gasteiger partial charge in [0.25, 0.3) is 5.91 Å². The van der Waals surface area contributed by atoms with Gasteiger partial charge in [-0.2, -0.15) is 0 Å². The fraction of sp³-hybridized carbons (Fsp3) is 0.273.